The van der Waals surface area contributed by atoms with Crippen LogP contribution in [0.1, 0.15) is 17.5 Å². The van der Waals surface area contributed by atoms with Crippen molar-refractivity contribution in [2.45, 2.75) is 19.5 Å². The van der Waals surface area contributed by atoms with E-state index in [1.165, 1.54) is 12.1 Å². The van der Waals surface area contributed by atoms with Gasteiger partial charge in [0.15, 0.2) is 0 Å². The molecule has 0 aliphatic carbocycles. The lowest BCUT2D eigenvalue weighted by molar-refractivity contribution is -0.0498. The van der Waals surface area contributed by atoms with Crippen LogP contribution >= 0.6 is 11.6 Å². The van der Waals surface area contributed by atoms with Crippen LogP contribution in [-0.4, -0.2) is 12.5 Å². The van der Waals surface area contributed by atoms with Crippen molar-refractivity contribution in [3.63, 3.8) is 0 Å². The molecule has 0 spiro atoms. The van der Waals surface area contributed by atoms with E-state index in [1.54, 1.807) is 6.07 Å². The highest BCUT2D eigenvalue weighted by Crippen LogP contribution is 2.20. The van der Waals surface area contributed by atoms with E-state index in [-0.39, 0.29) is 5.75 Å². The molecule has 1 aromatic carbocycles. The summed E-state index contributed by atoms with van der Waals surface area (Å²) in [7, 11) is 0. The Morgan fingerprint density at radius 1 is 1.44 bits per heavy atom. The Morgan fingerprint density at radius 3 is 2.75 bits per heavy atom. The first-order chi connectivity index (χ1) is 7.67. The highest BCUT2D eigenvalue weighted by Gasteiger charge is 2.08. The monoisotopic (exact) mass is 245 g/mol. The number of hydrogen-bond donors (Lipinski definition) is 0. The van der Waals surface area contributed by atoms with Crippen molar-refractivity contribution in [1.82, 2.24) is 0 Å². The van der Waals surface area contributed by atoms with E-state index in [4.69, 9.17) is 16.9 Å². The third kappa shape index (κ3) is 3.67. The number of nitrogens with zero attached hydrogens (tertiary/aromatic N) is 1. The summed E-state index contributed by atoms with van der Waals surface area (Å²) in [5, 5.41) is 8.85. The molecule has 5 heteroatoms. The molecule has 2 nitrogen and oxygen atoms in total. The summed E-state index contributed by atoms with van der Waals surface area (Å²) in [4.78, 5) is 0. The molecule has 86 valence electrons. The van der Waals surface area contributed by atoms with E-state index in [2.05, 4.69) is 4.74 Å². The Hall–Kier alpha value is -1.34. The number of aryl methyl sites for hydroxylation is 1. The number of alkyl halides is 3. The first kappa shape index (κ1) is 12.7. The second kappa shape index (κ2) is 6.29. The van der Waals surface area contributed by atoms with Crippen molar-refractivity contribution in [2.75, 3.05) is 5.88 Å². The lowest BCUT2D eigenvalue weighted by Gasteiger charge is -2.07. The highest BCUT2D eigenvalue weighted by atomic mass is 35.5. The Kier molecular flexibility index (Phi) is 5.00. The number of halogens is 3. The zero-order valence-electron chi connectivity index (χ0n) is 8.42. The SMILES string of the molecule is N#Cc1cc(OC(F)F)ccc1CCCCl. The fourth-order valence-electron chi connectivity index (χ4n) is 1.31. The Balaban J connectivity index is 2.85. The quantitative estimate of drug-likeness (QED) is 0.746. The van der Waals surface area contributed by atoms with Gasteiger partial charge in [-0.3, -0.25) is 0 Å². The molecule has 1 rings (SSSR count). The smallest absolute Gasteiger partial charge is 0.387 e. The molecule has 0 N–H and O–H groups in total. The summed E-state index contributed by atoms with van der Waals surface area (Å²) in [6.07, 6.45) is 1.40. The number of benzene rings is 1. The van der Waals surface area contributed by atoms with Crippen molar-refractivity contribution in [3.8, 4) is 11.8 Å². The molecular formula is C11H10ClF2NO. The molecule has 0 aliphatic rings. The van der Waals surface area contributed by atoms with E-state index < -0.39 is 6.61 Å². The zero-order chi connectivity index (χ0) is 12.0. The van der Waals surface area contributed by atoms with Gasteiger partial charge in [0, 0.05) is 5.88 Å². The second-order valence-corrected chi connectivity index (χ2v) is 3.48. The summed E-state index contributed by atoms with van der Waals surface area (Å²) in [5.74, 6) is 0.501. The lowest BCUT2D eigenvalue weighted by atomic mass is 10.0. The summed E-state index contributed by atoms with van der Waals surface area (Å²) in [6, 6.07) is 6.31. The Bertz CT molecular complexity index is 390. The number of nitriles is 1. The van der Waals surface area contributed by atoms with Crippen LogP contribution in [0, 0.1) is 11.3 Å². The predicted molar refractivity (Wildman–Crippen MR) is 56.8 cm³/mol. The molecule has 0 atom stereocenters. The summed E-state index contributed by atoms with van der Waals surface area (Å²) in [5.41, 5.74) is 1.15. The zero-order valence-corrected chi connectivity index (χ0v) is 9.18. The molecule has 1 aromatic rings. The molecule has 0 bridgehead atoms. The maximum absolute atomic E-state index is 11.9. The fourth-order valence-corrected chi connectivity index (χ4v) is 1.44. The van der Waals surface area contributed by atoms with Crippen molar-refractivity contribution in [2.24, 2.45) is 0 Å². The molecule has 0 fully saturated rings. The van der Waals surface area contributed by atoms with E-state index in [0.717, 1.165) is 12.0 Å². The van der Waals surface area contributed by atoms with Crippen molar-refractivity contribution < 1.29 is 13.5 Å². The topological polar surface area (TPSA) is 33.0 Å². The third-order valence-electron chi connectivity index (χ3n) is 2.01. The van der Waals surface area contributed by atoms with Gasteiger partial charge in [-0.05, 0) is 30.5 Å². The standard InChI is InChI=1S/C11H10ClF2NO/c12-5-1-2-8-3-4-10(16-11(13)14)6-9(8)7-15/h3-4,6,11H,1-2,5H2. The van der Waals surface area contributed by atoms with Crippen LogP contribution in [0.5, 0.6) is 5.75 Å². The summed E-state index contributed by atoms with van der Waals surface area (Å²) < 4.78 is 28.1. The average Bonchev–Trinajstić information content (AvgIpc) is 2.26. The first-order valence-corrected chi connectivity index (χ1v) is 5.24. The van der Waals surface area contributed by atoms with E-state index in [0.29, 0.717) is 17.9 Å². The number of ether oxygens (including phenoxy) is 1. The van der Waals surface area contributed by atoms with Gasteiger partial charge in [0.1, 0.15) is 5.75 Å². The lowest BCUT2D eigenvalue weighted by Crippen LogP contribution is -2.02. The van der Waals surface area contributed by atoms with E-state index >= 15 is 0 Å². The molecule has 0 aromatic heterocycles. The van der Waals surface area contributed by atoms with Gasteiger partial charge in [-0.25, -0.2) is 0 Å². The van der Waals surface area contributed by atoms with Crippen LogP contribution < -0.4 is 4.74 Å². The fraction of sp³-hybridized carbons (Fsp3) is 0.364. The number of rotatable bonds is 5. The maximum Gasteiger partial charge on any atom is 0.387 e. The average molecular weight is 246 g/mol. The van der Waals surface area contributed by atoms with Crippen LogP contribution in [0.4, 0.5) is 8.78 Å². The predicted octanol–water partition coefficient (Wildman–Crippen LogP) is 3.33. The van der Waals surface area contributed by atoms with Crippen LogP contribution in [0.2, 0.25) is 0 Å². The Labute approximate surface area is 97.4 Å². The normalized spacial score (nSPS) is 10.2. The molecule has 0 heterocycles. The second-order valence-electron chi connectivity index (χ2n) is 3.10. The van der Waals surface area contributed by atoms with Crippen LogP contribution in [-0.2, 0) is 6.42 Å². The molecule has 0 unspecified atom stereocenters. The highest BCUT2D eigenvalue weighted by molar-refractivity contribution is 6.17. The van der Waals surface area contributed by atoms with Gasteiger partial charge in [-0.1, -0.05) is 6.07 Å². The van der Waals surface area contributed by atoms with Gasteiger partial charge in [0.25, 0.3) is 0 Å². The van der Waals surface area contributed by atoms with E-state index in [9.17, 15) is 8.78 Å². The summed E-state index contributed by atoms with van der Waals surface area (Å²) in [6.45, 7) is -2.87. The minimum atomic E-state index is -2.87. The van der Waals surface area contributed by atoms with Gasteiger partial charge < -0.3 is 4.74 Å². The van der Waals surface area contributed by atoms with Crippen LogP contribution in [0.15, 0.2) is 18.2 Å². The van der Waals surface area contributed by atoms with E-state index in [1.807, 2.05) is 6.07 Å². The molecule has 0 saturated heterocycles. The van der Waals surface area contributed by atoms with Gasteiger partial charge in [-0.15, -0.1) is 11.6 Å². The van der Waals surface area contributed by atoms with Gasteiger partial charge in [0.2, 0.25) is 0 Å². The molecule has 0 amide bonds. The van der Waals surface area contributed by atoms with Gasteiger partial charge in [0.05, 0.1) is 11.6 Å². The summed E-state index contributed by atoms with van der Waals surface area (Å²) >= 11 is 5.54. The first-order valence-electron chi connectivity index (χ1n) is 4.71. The van der Waals surface area contributed by atoms with Crippen molar-refractivity contribution in [1.29, 1.82) is 5.26 Å². The molecule has 0 saturated carbocycles. The minimum Gasteiger partial charge on any atom is -0.435 e. The minimum absolute atomic E-state index is 0.00109. The van der Waals surface area contributed by atoms with Crippen molar-refractivity contribution >= 4 is 11.6 Å². The Morgan fingerprint density at radius 2 is 2.19 bits per heavy atom. The van der Waals surface area contributed by atoms with Crippen LogP contribution in [0.3, 0.4) is 0 Å². The van der Waals surface area contributed by atoms with Gasteiger partial charge in [-0.2, -0.15) is 14.0 Å². The number of hydrogen-bond acceptors (Lipinski definition) is 2. The third-order valence-corrected chi connectivity index (χ3v) is 2.27. The van der Waals surface area contributed by atoms with Crippen molar-refractivity contribution in [3.05, 3.63) is 29.3 Å². The molecule has 16 heavy (non-hydrogen) atoms. The molecule has 0 aliphatic heterocycles. The molecular weight excluding hydrogens is 236 g/mol. The van der Waals surface area contributed by atoms with Crippen LogP contribution in [0.25, 0.3) is 0 Å². The largest absolute Gasteiger partial charge is 0.435 e. The maximum atomic E-state index is 11.9. The van der Waals surface area contributed by atoms with Gasteiger partial charge >= 0.3 is 6.61 Å². The molecule has 0 radical (unpaired) electrons.